The largest absolute Gasteiger partial charge is 0.490 e. The van der Waals surface area contributed by atoms with Gasteiger partial charge in [-0.3, -0.25) is 14.4 Å². The number of nitrogens with zero attached hydrogens (tertiary/aromatic N) is 3. The Morgan fingerprint density at radius 1 is 1.45 bits per heavy atom. The van der Waals surface area contributed by atoms with Crippen LogP contribution in [0.15, 0.2) is 18.7 Å². The molecule has 1 amide bonds. The van der Waals surface area contributed by atoms with Gasteiger partial charge in [-0.25, -0.2) is 4.79 Å². The molecule has 2 N–H and O–H groups in total. The molecule has 0 bridgehead atoms. The predicted molar refractivity (Wildman–Crippen MR) is 71.1 cm³/mol. The quantitative estimate of drug-likeness (QED) is 0.797. The number of aliphatic carboxylic acids is 1. The zero-order valence-electron chi connectivity index (χ0n) is 11.7. The smallest absolute Gasteiger partial charge is 0.475 e. The van der Waals surface area contributed by atoms with Gasteiger partial charge in [-0.2, -0.15) is 18.3 Å². The van der Waals surface area contributed by atoms with Gasteiger partial charge in [-0.15, -0.1) is 0 Å². The Balaban J connectivity index is 0.000000295. The van der Waals surface area contributed by atoms with E-state index in [1.54, 1.807) is 0 Å². The lowest BCUT2D eigenvalue weighted by Gasteiger charge is -2.22. The first-order valence-corrected chi connectivity index (χ1v) is 6.12. The molecule has 0 saturated heterocycles. The van der Waals surface area contributed by atoms with E-state index in [1.165, 1.54) is 6.08 Å². The number of carbonyl (C=O) groups excluding carboxylic acids is 1. The van der Waals surface area contributed by atoms with Crippen molar-refractivity contribution in [2.75, 3.05) is 18.9 Å². The summed E-state index contributed by atoms with van der Waals surface area (Å²) in [6, 6.07) is 1.90. The average Bonchev–Trinajstić information content (AvgIpc) is 2.79. The van der Waals surface area contributed by atoms with Crippen LogP contribution < -0.4 is 5.32 Å². The van der Waals surface area contributed by atoms with Gasteiger partial charge in [-0.05, 0) is 13.1 Å². The topological polar surface area (TPSA) is 87.5 Å². The molecule has 0 saturated carbocycles. The fourth-order valence-electron chi connectivity index (χ4n) is 1.64. The van der Waals surface area contributed by atoms with Crippen molar-refractivity contribution in [1.29, 1.82) is 0 Å². The van der Waals surface area contributed by atoms with Gasteiger partial charge in [0.2, 0.25) is 5.91 Å². The SMILES string of the molecule is C=CC(=O)Nc1cc2n(n1)CCN(C)C2.O=C(O)C(F)(F)F. The number of anilines is 1. The van der Waals surface area contributed by atoms with Gasteiger partial charge < -0.3 is 10.4 Å². The lowest BCUT2D eigenvalue weighted by molar-refractivity contribution is -0.192. The second-order valence-corrected chi connectivity index (χ2v) is 4.48. The van der Waals surface area contributed by atoms with Crippen molar-refractivity contribution in [3.8, 4) is 0 Å². The molecule has 1 aliphatic rings. The molecule has 1 aliphatic heterocycles. The van der Waals surface area contributed by atoms with Crippen molar-refractivity contribution in [2.45, 2.75) is 19.3 Å². The summed E-state index contributed by atoms with van der Waals surface area (Å²) in [7, 11) is 2.07. The van der Waals surface area contributed by atoms with E-state index in [-0.39, 0.29) is 5.91 Å². The first-order valence-electron chi connectivity index (χ1n) is 6.12. The number of hydrogen-bond acceptors (Lipinski definition) is 4. The van der Waals surface area contributed by atoms with Gasteiger partial charge in [0.15, 0.2) is 5.82 Å². The number of alkyl halides is 3. The van der Waals surface area contributed by atoms with Crippen LogP contribution in [0.4, 0.5) is 19.0 Å². The minimum atomic E-state index is -5.08. The molecule has 0 spiro atoms. The molecule has 10 heteroatoms. The summed E-state index contributed by atoms with van der Waals surface area (Å²) in [4.78, 5) is 22.2. The van der Waals surface area contributed by atoms with Crippen LogP contribution in [0.5, 0.6) is 0 Å². The van der Waals surface area contributed by atoms with Crippen LogP contribution >= 0.6 is 0 Å². The number of carboxylic acids is 1. The number of rotatable bonds is 2. The Morgan fingerprint density at radius 2 is 2.05 bits per heavy atom. The molecule has 2 rings (SSSR count). The first-order chi connectivity index (χ1) is 10.1. The third-order valence-electron chi connectivity index (χ3n) is 2.67. The molecule has 122 valence electrons. The van der Waals surface area contributed by atoms with Crippen molar-refractivity contribution in [2.24, 2.45) is 0 Å². The lowest BCUT2D eigenvalue weighted by Crippen LogP contribution is -2.30. The lowest BCUT2D eigenvalue weighted by atomic mass is 10.3. The summed E-state index contributed by atoms with van der Waals surface area (Å²) >= 11 is 0. The number of amides is 1. The van der Waals surface area contributed by atoms with E-state index in [0.717, 1.165) is 25.3 Å². The number of likely N-dealkylation sites (N-methyl/N-ethyl adjacent to an activating group) is 1. The van der Waals surface area contributed by atoms with Gasteiger partial charge in [0.05, 0.1) is 12.2 Å². The number of nitrogens with one attached hydrogen (secondary N) is 1. The maximum absolute atomic E-state index is 11.1. The summed E-state index contributed by atoms with van der Waals surface area (Å²) < 4.78 is 33.7. The Labute approximate surface area is 124 Å². The fourth-order valence-corrected chi connectivity index (χ4v) is 1.64. The number of hydrogen-bond donors (Lipinski definition) is 2. The Hall–Kier alpha value is -2.36. The second kappa shape index (κ2) is 7.07. The molecular formula is C12H15F3N4O3. The van der Waals surface area contributed by atoms with Crippen LogP contribution in [0.3, 0.4) is 0 Å². The summed E-state index contributed by atoms with van der Waals surface area (Å²) in [6.07, 6.45) is -3.84. The maximum Gasteiger partial charge on any atom is 0.490 e. The maximum atomic E-state index is 11.1. The van der Waals surface area contributed by atoms with Gasteiger partial charge in [0, 0.05) is 19.2 Å². The van der Waals surface area contributed by atoms with Crippen LogP contribution in [0.1, 0.15) is 5.69 Å². The molecule has 1 aromatic heterocycles. The van der Waals surface area contributed by atoms with Crippen molar-refractivity contribution in [3.05, 3.63) is 24.4 Å². The fraction of sp³-hybridized carbons (Fsp3) is 0.417. The Morgan fingerprint density at radius 3 is 2.55 bits per heavy atom. The molecule has 0 unspecified atom stereocenters. The Kier molecular flexibility index (Phi) is 5.69. The van der Waals surface area contributed by atoms with E-state index in [2.05, 4.69) is 28.9 Å². The van der Waals surface area contributed by atoms with E-state index < -0.39 is 12.1 Å². The van der Waals surface area contributed by atoms with E-state index >= 15 is 0 Å². The molecule has 0 aliphatic carbocycles. The van der Waals surface area contributed by atoms with Crippen molar-refractivity contribution < 1.29 is 27.9 Å². The molecule has 0 radical (unpaired) electrons. The first kappa shape index (κ1) is 17.7. The summed E-state index contributed by atoms with van der Waals surface area (Å²) in [5, 5.41) is 14.1. The monoisotopic (exact) mass is 320 g/mol. The van der Waals surface area contributed by atoms with Crippen LogP contribution in [-0.2, 0) is 22.7 Å². The number of fused-ring (bicyclic) bond motifs is 1. The van der Waals surface area contributed by atoms with E-state index in [4.69, 9.17) is 9.90 Å². The molecular weight excluding hydrogens is 305 g/mol. The summed E-state index contributed by atoms with van der Waals surface area (Å²) in [5.41, 5.74) is 1.13. The highest BCUT2D eigenvalue weighted by atomic mass is 19.4. The van der Waals surface area contributed by atoms with E-state index in [1.807, 2.05) is 10.7 Å². The molecule has 7 nitrogen and oxygen atoms in total. The molecule has 0 atom stereocenters. The standard InChI is InChI=1S/C10H14N4O.C2HF3O2/c1-3-10(15)11-9-6-8-7-13(2)4-5-14(8)12-9;3-2(4,5)1(6)7/h3,6H,1,4-5,7H2,2H3,(H,11,12,15);(H,6,7). The normalized spacial score (nSPS) is 14.4. The minimum absolute atomic E-state index is 0.223. The second-order valence-electron chi connectivity index (χ2n) is 4.48. The van der Waals surface area contributed by atoms with Gasteiger partial charge >= 0.3 is 12.1 Å². The number of carboxylic acid groups (broad SMARTS) is 1. The number of aromatic nitrogens is 2. The van der Waals surface area contributed by atoms with Crippen molar-refractivity contribution in [3.63, 3.8) is 0 Å². The van der Waals surface area contributed by atoms with E-state index in [0.29, 0.717) is 5.82 Å². The third kappa shape index (κ3) is 5.20. The van der Waals surface area contributed by atoms with Gasteiger partial charge in [0.25, 0.3) is 0 Å². The zero-order valence-corrected chi connectivity index (χ0v) is 11.7. The summed E-state index contributed by atoms with van der Waals surface area (Å²) in [5.74, 6) is -2.38. The van der Waals surface area contributed by atoms with Crippen LogP contribution in [0.25, 0.3) is 0 Å². The number of carbonyl (C=O) groups is 2. The molecule has 1 aromatic rings. The molecule has 0 aromatic carbocycles. The average molecular weight is 320 g/mol. The van der Waals surface area contributed by atoms with E-state index in [9.17, 15) is 18.0 Å². The summed E-state index contributed by atoms with van der Waals surface area (Å²) in [6.45, 7) is 6.13. The van der Waals surface area contributed by atoms with Crippen molar-refractivity contribution in [1.82, 2.24) is 14.7 Å². The van der Waals surface area contributed by atoms with Crippen molar-refractivity contribution >= 4 is 17.7 Å². The van der Waals surface area contributed by atoms with Crippen LogP contribution in [-0.4, -0.2) is 51.4 Å². The zero-order chi connectivity index (χ0) is 16.9. The highest BCUT2D eigenvalue weighted by Crippen LogP contribution is 2.15. The molecule has 2 heterocycles. The highest BCUT2D eigenvalue weighted by Gasteiger charge is 2.38. The van der Waals surface area contributed by atoms with Crippen LogP contribution in [0, 0.1) is 0 Å². The van der Waals surface area contributed by atoms with Gasteiger partial charge in [-0.1, -0.05) is 6.58 Å². The van der Waals surface area contributed by atoms with Gasteiger partial charge in [0.1, 0.15) is 0 Å². The highest BCUT2D eigenvalue weighted by molar-refractivity contribution is 5.98. The Bertz CT molecular complexity index is 568. The minimum Gasteiger partial charge on any atom is -0.475 e. The molecule has 0 fully saturated rings. The predicted octanol–water partition coefficient (Wildman–Crippen LogP) is 1.09. The number of halogens is 3. The molecule has 22 heavy (non-hydrogen) atoms. The van der Waals surface area contributed by atoms with Crippen LogP contribution in [0.2, 0.25) is 0 Å². The third-order valence-corrected chi connectivity index (χ3v) is 2.67.